The fraction of sp³-hybridized carbons (Fsp3) is 0.0870. The molecule has 0 spiro atoms. The minimum absolute atomic E-state index is 0.407. The Labute approximate surface area is 561 Å². The first-order valence-electron chi connectivity index (χ1n) is 33.0. The summed E-state index contributed by atoms with van der Waals surface area (Å²) in [4.78, 5) is 4.69. The van der Waals surface area contributed by atoms with Crippen molar-refractivity contribution in [2.24, 2.45) is 0 Å². The Morgan fingerprint density at radius 3 is 0.516 bits per heavy atom. The van der Waals surface area contributed by atoms with E-state index in [1.54, 1.807) is 0 Å². The van der Waals surface area contributed by atoms with Crippen LogP contribution in [0, 0.1) is 0 Å². The van der Waals surface area contributed by atoms with Crippen LogP contribution in [0.2, 0.25) is 0 Å². The monoisotopic (exact) mass is 1220 g/mol. The summed E-state index contributed by atoms with van der Waals surface area (Å²) < 4.78 is 7.10. The number of anilines is 6. The van der Waals surface area contributed by atoms with Gasteiger partial charge in [-0.25, -0.2) is 0 Å². The van der Waals surface area contributed by atoms with Crippen LogP contribution in [-0.2, 0) is 21.7 Å². The lowest BCUT2D eigenvalue weighted by Gasteiger charge is -2.34. The Kier molecular flexibility index (Phi) is 17.1. The average Bonchev–Trinajstić information content (AvgIpc) is 0.804. The van der Waals surface area contributed by atoms with Crippen LogP contribution >= 0.6 is 0 Å². The number of hydrogen-bond donors (Lipinski definition) is 0. The van der Waals surface area contributed by atoms with E-state index in [4.69, 9.17) is 4.74 Å². The zero-order valence-corrected chi connectivity index (χ0v) is 54.3. The third-order valence-electron chi connectivity index (χ3n) is 20.0. The average molecular weight is 1230 g/mol. The van der Waals surface area contributed by atoms with Crippen molar-refractivity contribution in [3.8, 4) is 11.5 Å². The Morgan fingerprint density at radius 2 is 0.337 bits per heavy atom. The van der Waals surface area contributed by atoms with Gasteiger partial charge in [0.1, 0.15) is 11.5 Å². The van der Waals surface area contributed by atoms with Crippen LogP contribution < -0.4 is 14.5 Å². The van der Waals surface area contributed by atoms with Gasteiger partial charge in [0.05, 0.1) is 0 Å². The molecule has 3 heteroatoms. The van der Waals surface area contributed by atoms with Crippen molar-refractivity contribution in [3.63, 3.8) is 0 Å². The van der Waals surface area contributed by atoms with E-state index in [1.807, 2.05) is 0 Å². The van der Waals surface area contributed by atoms with Crippen molar-refractivity contribution in [1.29, 1.82) is 0 Å². The van der Waals surface area contributed by atoms with E-state index in [-0.39, 0.29) is 0 Å². The summed E-state index contributed by atoms with van der Waals surface area (Å²) in [6, 6.07) is 140. The molecule has 0 amide bonds. The molecule has 0 radical (unpaired) electrons. The molecule has 14 rings (SSSR count). The van der Waals surface area contributed by atoms with Gasteiger partial charge in [-0.2, -0.15) is 0 Å². The van der Waals surface area contributed by atoms with Crippen LogP contribution in [0.15, 0.2) is 388 Å². The molecule has 0 bridgehead atoms. The van der Waals surface area contributed by atoms with Crippen LogP contribution in [0.1, 0.15) is 94.5 Å². The molecule has 0 unspecified atom stereocenters. The molecular formula is C92H76N2O. The largest absolute Gasteiger partial charge is 0.457 e. The smallest absolute Gasteiger partial charge is 0.129 e. The Balaban J connectivity index is 0.852. The molecule has 0 aromatic heterocycles. The van der Waals surface area contributed by atoms with Crippen molar-refractivity contribution in [2.45, 2.75) is 49.4 Å². The molecule has 0 heterocycles. The highest BCUT2D eigenvalue weighted by molar-refractivity contribution is 5.80. The zero-order valence-electron chi connectivity index (χ0n) is 54.3. The topological polar surface area (TPSA) is 15.7 Å². The molecule has 0 N–H and O–H groups in total. The van der Waals surface area contributed by atoms with Gasteiger partial charge in [0.15, 0.2) is 0 Å². The summed E-state index contributed by atoms with van der Waals surface area (Å²) in [5.41, 5.74) is 19.0. The lowest BCUT2D eigenvalue weighted by Crippen LogP contribution is -2.25. The third-order valence-corrected chi connectivity index (χ3v) is 20.0. The number of nitrogens with zero attached hydrogens (tertiary/aromatic N) is 2. The first kappa shape index (κ1) is 61.0. The van der Waals surface area contributed by atoms with Crippen molar-refractivity contribution >= 4 is 34.1 Å². The van der Waals surface area contributed by atoms with Crippen LogP contribution in [0.5, 0.6) is 11.5 Å². The maximum absolute atomic E-state index is 7.10. The van der Waals surface area contributed by atoms with Gasteiger partial charge in [0.25, 0.3) is 0 Å². The molecule has 0 aliphatic carbocycles. The molecule has 0 aliphatic heterocycles. The molecule has 3 nitrogen and oxygen atoms in total. The van der Waals surface area contributed by atoms with Crippen molar-refractivity contribution < 1.29 is 4.74 Å². The maximum atomic E-state index is 7.10. The first-order valence-corrected chi connectivity index (χ1v) is 33.0. The van der Waals surface area contributed by atoms with Gasteiger partial charge in [-0.3, -0.25) is 0 Å². The molecule has 0 fully saturated rings. The van der Waals surface area contributed by atoms with Gasteiger partial charge in [0.2, 0.25) is 0 Å². The summed E-state index contributed by atoms with van der Waals surface area (Å²) in [6.07, 6.45) is 0. The minimum atomic E-state index is -0.407. The van der Waals surface area contributed by atoms with Gasteiger partial charge in [-0.1, -0.05) is 303 Å². The van der Waals surface area contributed by atoms with Crippen LogP contribution in [0.4, 0.5) is 34.1 Å². The second-order valence-electron chi connectivity index (χ2n) is 25.4. The standard InChI is InChI=1S/C92H76N2O/c1-89(69-31-13-5-14-32-69,70-33-15-6-16-34-70)77-51-59-81(60-52-77)93(82-61-53-78(54-62-82)90(2,71-35-17-7-18-36-71)72-37-19-8-20-38-72)85-47-29-49-87(67-85)95-88-50-30-48-86(68-88)94(83-63-55-79(56-64-83)91(3,73-39-21-9-22-40-73)74-41-23-10-24-42-74)84-65-57-80(58-66-84)92(4,75-43-25-11-26-44-75)76-45-27-12-28-46-76/h5-68H,1-4H3. The fourth-order valence-corrected chi connectivity index (χ4v) is 14.3. The lowest BCUT2D eigenvalue weighted by molar-refractivity contribution is 0.483. The second-order valence-corrected chi connectivity index (χ2v) is 25.4. The highest BCUT2D eigenvalue weighted by Crippen LogP contribution is 2.47. The number of benzene rings is 14. The van der Waals surface area contributed by atoms with E-state index in [0.29, 0.717) is 11.5 Å². The van der Waals surface area contributed by atoms with Gasteiger partial charge in [0, 0.05) is 67.9 Å². The number of ether oxygens (including phenoxy) is 1. The third kappa shape index (κ3) is 11.8. The van der Waals surface area contributed by atoms with Crippen LogP contribution in [0.25, 0.3) is 0 Å². The molecular weight excluding hydrogens is 1150 g/mol. The van der Waals surface area contributed by atoms with E-state index < -0.39 is 21.7 Å². The van der Waals surface area contributed by atoms with Crippen LogP contribution in [0.3, 0.4) is 0 Å². The van der Waals surface area contributed by atoms with E-state index >= 15 is 0 Å². The second kappa shape index (κ2) is 26.6. The van der Waals surface area contributed by atoms with E-state index in [9.17, 15) is 0 Å². The minimum Gasteiger partial charge on any atom is -0.457 e. The molecule has 0 saturated heterocycles. The van der Waals surface area contributed by atoms with Gasteiger partial charge in [-0.15, -0.1) is 0 Å². The van der Waals surface area contributed by atoms with Crippen LogP contribution in [-0.4, -0.2) is 0 Å². The lowest BCUT2D eigenvalue weighted by atomic mass is 9.71. The summed E-state index contributed by atoms with van der Waals surface area (Å²) in [7, 11) is 0. The first-order chi connectivity index (χ1) is 46.6. The molecule has 0 saturated carbocycles. The van der Waals surface area contributed by atoms with Crippen molar-refractivity contribution in [1.82, 2.24) is 0 Å². The highest BCUT2D eigenvalue weighted by atomic mass is 16.5. The molecule has 14 aromatic carbocycles. The summed E-state index contributed by atoms with van der Waals surface area (Å²) in [5, 5.41) is 0. The van der Waals surface area contributed by atoms with Gasteiger partial charge < -0.3 is 14.5 Å². The summed E-state index contributed by atoms with van der Waals surface area (Å²) in [5.74, 6) is 1.42. The molecule has 95 heavy (non-hydrogen) atoms. The maximum Gasteiger partial charge on any atom is 0.129 e. The van der Waals surface area contributed by atoms with E-state index in [1.165, 1.54) is 66.8 Å². The Hall–Kier alpha value is -11.5. The summed E-state index contributed by atoms with van der Waals surface area (Å²) in [6.45, 7) is 9.35. The number of hydrogen-bond acceptors (Lipinski definition) is 3. The predicted molar refractivity (Wildman–Crippen MR) is 396 cm³/mol. The molecule has 0 aliphatic rings. The Bertz CT molecular complexity index is 4050. The normalized spacial score (nSPS) is 11.8. The van der Waals surface area contributed by atoms with Gasteiger partial charge >= 0.3 is 0 Å². The number of rotatable bonds is 20. The summed E-state index contributed by atoms with van der Waals surface area (Å²) >= 11 is 0. The van der Waals surface area contributed by atoms with E-state index in [0.717, 1.165) is 34.1 Å². The van der Waals surface area contributed by atoms with E-state index in [2.05, 4.69) is 426 Å². The SMILES string of the molecule is CC(c1ccccc1)(c1ccccc1)c1ccc(N(c2ccc(C(C)(c3ccccc3)c3ccccc3)cc2)c2cccc(Oc3cccc(N(c4ccc(C(C)(c5ccccc5)c5ccccc5)cc4)c4ccc(C(C)(c5ccccc5)c5ccccc5)cc4)c3)c2)cc1. The predicted octanol–water partition coefficient (Wildman–Crippen LogP) is 23.8. The molecule has 460 valence electrons. The fourth-order valence-electron chi connectivity index (χ4n) is 14.3. The highest BCUT2D eigenvalue weighted by Gasteiger charge is 2.35. The van der Waals surface area contributed by atoms with Crippen molar-refractivity contribution in [3.05, 3.63) is 455 Å². The zero-order chi connectivity index (χ0) is 64.7. The Morgan fingerprint density at radius 1 is 0.168 bits per heavy atom. The molecule has 0 atom stereocenters. The quantitative estimate of drug-likeness (QED) is 0.0708. The molecule has 14 aromatic rings. The van der Waals surface area contributed by atoms with Crippen molar-refractivity contribution in [2.75, 3.05) is 9.80 Å². The van der Waals surface area contributed by atoms with Gasteiger partial charge in [-0.05, 0) is 167 Å².